The van der Waals surface area contributed by atoms with Crippen molar-refractivity contribution in [2.75, 3.05) is 36.8 Å². The van der Waals surface area contributed by atoms with Crippen LogP contribution >= 0.6 is 0 Å². The Morgan fingerprint density at radius 1 is 1.07 bits per heavy atom. The molecule has 1 aliphatic heterocycles. The number of anilines is 2. The number of nitrogens with one attached hydrogen (secondary N) is 1. The topological polar surface area (TPSA) is 74.1 Å². The van der Waals surface area contributed by atoms with E-state index in [-0.39, 0.29) is 24.1 Å². The van der Waals surface area contributed by atoms with Crippen LogP contribution in [0.15, 0.2) is 18.2 Å². The van der Waals surface area contributed by atoms with Crippen LogP contribution in [0, 0.1) is 13.8 Å². The molecule has 1 aliphatic rings. The Labute approximate surface area is 179 Å². The largest absolute Gasteiger partial charge is 2.00 e. The number of piperazine rings is 1. The molecule has 0 unspecified atom stereocenters. The van der Waals surface area contributed by atoms with E-state index < -0.39 is 0 Å². The van der Waals surface area contributed by atoms with Gasteiger partial charge in [0.15, 0.2) is 0 Å². The van der Waals surface area contributed by atoms with Crippen molar-refractivity contribution < 1.29 is 18.6 Å². The molecule has 3 aromatic rings. The van der Waals surface area contributed by atoms with Crippen LogP contribution in [0.1, 0.15) is 33.5 Å². The van der Waals surface area contributed by atoms with Crippen LogP contribution in [0.4, 0.5) is 11.5 Å². The third kappa shape index (κ3) is 4.24. The summed E-state index contributed by atoms with van der Waals surface area (Å²) in [5, 5.41) is 1.02. The first kappa shape index (κ1) is 22.4. The summed E-state index contributed by atoms with van der Waals surface area (Å²) in [5.41, 5.74) is 9.97. The summed E-state index contributed by atoms with van der Waals surface area (Å²) in [4.78, 5) is 17.1. The number of aromatic amines is 1. The summed E-state index contributed by atoms with van der Waals surface area (Å²) in [5.74, 6) is 1.08. The molecule has 4 rings (SSSR count). The van der Waals surface area contributed by atoms with Crippen molar-refractivity contribution in [2.24, 2.45) is 0 Å². The molecule has 149 valence electrons. The number of nitrogen functional groups attached to an aromatic ring is 1. The molecule has 1 aromatic carbocycles. The zero-order chi connectivity index (χ0) is 19.8. The number of hydrogen-bond donors (Lipinski definition) is 2. The number of pyridine rings is 1. The first-order chi connectivity index (χ1) is 12.8. The molecule has 1 saturated heterocycles. The molecule has 28 heavy (non-hydrogen) atoms. The zero-order valence-corrected chi connectivity index (χ0v) is 18.7. The zero-order valence-electron chi connectivity index (χ0n) is 17.3. The normalized spacial score (nSPS) is 15.2. The van der Waals surface area contributed by atoms with Gasteiger partial charge in [0.05, 0.1) is 11.0 Å². The summed E-state index contributed by atoms with van der Waals surface area (Å²) in [6.45, 7) is 19.9. The molecule has 3 heterocycles. The Morgan fingerprint density at radius 3 is 2.32 bits per heavy atom. The average Bonchev–Trinajstić information content (AvgIpc) is 3.05. The van der Waals surface area contributed by atoms with Crippen LogP contribution in [0.5, 0.6) is 0 Å². The second-order valence-electron chi connectivity index (χ2n) is 7.75. The van der Waals surface area contributed by atoms with Gasteiger partial charge >= 0.3 is 18.6 Å². The molecule has 0 atom stereocenters. The van der Waals surface area contributed by atoms with Crippen molar-refractivity contribution in [3.05, 3.63) is 37.9 Å². The number of aromatic nitrogens is 3. The first-order valence-electron chi connectivity index (χ1n) is 9.44. The molecule has 0 amide bonds. The molecule has 6 nitrogen and oxygen atoms in total. The van der Waals surface area contributed by atoms with E-state index in [1.165, 1.54) is 5.69 Å². The van der Waals surface area contributed by atoms with Crippen LogP contribution in [0.2, 0.25) is 0 Å². The quantitative estimate of drug-likeness (QED) is 0.592. The number of nitrogens with zero attached hydrogens (tertiary/aromatic N) is 4. The third-order valence-electron chi connectivity index (χ3n) is 5.08. The fourth-order valence-electron chi connectivity index (χ4n) is 3.63. The number of rotatable bonds is 1. The molecule has 0 spiro atoms. The molecule has 1 fully saturated rings. The van der Waals surface area contributed by atoms with E-state index in [4.69, 9.17) is 5.73 Å². The predicted molar refractivity (Wildman–Crippen MR) is 115 cm³/mol. The standard InChI is InChI=1S/C19H25N6.C2H5.V/c1-12-21-16-14-11-13(5-6-15(14)23-18(20)17(16)22-12)24-7-9-25(10-8-24)19(2,3)4;1-2;/h5-6,11H,1,7-10H2,2-4H3,(H2,20,23)(H,21,22);1H2,2H3;/q2*-1;+2. The maximum Gasteiger partial charge on any atom is 2.00 e. The van der Waals surface area contributed by atoms with Gasteiger partial charge in [-0.2, -0.15) is 6.92 Å². The van der Waals surface area contributed by atoms with Gasteiger partial charge in [-0.05, 0) is 44.8 Å². The SMILES string of the molecule is [CH2-]C.[CH2-]c1nc2c([nH]1)c(N)nc1ccc(N3CCN(C(C)(C)C)CC3)cc12.[V+2]. The maximum absolute atomic E-state index is 6.05. The molecule has 1 radical (unpaired) electrons. The average molecular weight is 417 g/mol. The van der Waals surface area contributed by atoms with Crippen LogP contribution < -0.4 is 10.6 Å². The summed E-state index contributed by atoms with van der Waals surface area (Å²) >= 11 is 0. The van der Waals surface area contributed by atoms with E-state index in [0.29, 0.717) is 11.6 Å². The van der Waals surface area contributed by atoms with Gasteiger partial charge in [0.2, 0.25) is 0 Å². The second kappa shape index (κ2) is 8.64. The van der Waals surface area contributed by atoms with Crippen molar-refractivity contribution in [1.82, 2.24) is 19.9 Å². The Bertz CT molecular complexity index is 935. The van der Waals surface area contributed by atoms with Gasteiger partial charge in [0, 0.05) is 42.8 Å². The van der Waals surface area contributed by atoms with Crippen LogP contribution in [0.25, 0.3) is 21.9 Å². The number of imidazole rings is 1. The van der Waals surface area contributed by atoms with Crippen molar-refractivity contribution in [1.29, 1.82) is 0 Å². The van der Waals surface area contributed by atoms with Crippen LogP contribution in [-0.2, 0) is 18.6 Å². The third-order valence-corrected chi connectivity index (χ3v) is 5.08. The van der Waals surface area contributed by atoms with Crippen molar-refractivity contribution in [3.8, 4) is 0 Å². The maximum atomic E-state index is 6.05. The minimum atomic E-state index is 0. The number of nitrogens with two attached hydrogens (primary N) is 1. The van der Waals surface area contributed by atoms with Gasteiger partial charge in [-0.25, -0.2) is 4.98 Å². The molecule has 3 N–H and O–H groups in total. The number of H-pyrrole nitrogens is 1. The van der Waals surface area contributed by atoms with Crippen LogP contribution in [-0.4, -0.2) is 51.6 Å². The van der Waals surface area contributed by atoms with E-state index >= 15 is 0 Å². The fourth-order valence-corrected chi connectivity index (χ4v) is 3.63. The van der Waals surface area contributed by atoms with Gasteiger partial charge < -0.3 is 29.5 Å². The molecule has 0 saturated carbocycles. The second-order valence-corrected chi connectivity index (χ2v) is 7.75. The Hall–Kier alpha value is -1.89. The summed E-state index contributed by atoms with van der Waals surface area (Å²) in [6, 6.07) is 6.34. The van der Waals surface area contributed by atoms with Crippen LogP contribution in [0.3, 0.4) is 0 Å². The van der Waals surface area contributed by atoms with Crippen molar-refractivity contribution >= 4 is 33.4 Å². The number of fused-ring (bicyclic) bond motifs is 3. The van der Waals surface area contributed by atoms with Gasteiger partial charge in [-0.15, -0.1) is 0 Å². The molecule has 2 aromatic heterocycles. The molecule has 0 aliphatic carbocycles. The van der Waals surface area contributed by atoms with Gasteiger partial charge in [0.25, 0.3) is 0 Å². The minimum Gasteiger partial charge on any atom is -0.382 e. The minimum absolute atomic E-state index is 0. The molecular formula is C21H30N6V. The van der Waals surface area contributed by atoms with Gasteiger partial charge in [-0.3, -0.25) is 9.88 Å². The number of benzene rings is 1. The van der Waals surface area contributed by atoms with E-state index in [1.54, 1.807) is 6.92 Å². The van der Waals surface area contributed by atoms with E-state index in [1.807, 2.05) is 6.07 Å². The Balaban J connectivity index is 0.000000906. The van der Waals surface area contributed by atoms with E-state index in [0.717, 1.165) is 48.1 Å². The molecular weight excluding hydrogens is 387 g/mol. The van der Waals surface area contributed by atoms with Gasteiger partial charge in [0.1, 0.15) is 11.3 Å². The van der Waals surface area contributed by atoms with E-state index in [9.17, 15) is 0 Å². The first-order valence-corrected chi connectivity index (χ1v) is 9.44. The Morgan fingerprint density at radius 2 is 1.71 bits per heavy atom. The summed E-state index contributed by atoms with van der Waals surface area (Å²) < 4.78 is 0. The smallest absolute Gasteiger partial charge is 0.382 e. The van der Waals surface area contributed by atoms with Crippen molar-refractivity contribution in [2.45, 2.75) is 33.2 Å². The van der Waals surface area contributed by atoms with Crippen molar-refractivity contribution in [3.63, 3.8) is 0 Å². The predicted octanol–water partition coefficient (Wildman–Crippen LogP) is 3.63. The Kier molecular flexibility index (Phi) is 6.91. The summed E-state index contributed by atoms with van der Waals surface area (Å²) in [7, 11) is 0. The van der Waals surface area contributed by atoms with E-state index in [2.05, 4.69) is 71.5 Å². The monoisotopic (exact) mass is 417 g/mol. The van der Waals surface area contributed by atoms with Gasteiger partial charge in [-0.1, -0.05) is 0 Å². The number of hydrogen-bond acceptors (Lipinski definition) is 5. The molecule has 7 heteroatoms. The fraction of sp³-hybridized carbons (Fsp3) is 0.429. The molecule has 0 bridgehead atoms. The summed E-state index contributed by atoms with van der Waals surface area (Å²) in [6.07, 6.45) is 0.